The number of alkyl halides is 1. The lowest BCUT2D eigenvalue weighted by Gasteiger charge is -2.38. The molecule has 0 N–H and O–H groups in total. The van der Waals surface area contributed by atoms with Gasteiger partial charge in [0.15, 0.2) is 0 Å². The molecule has 1 saturated carbocycles. The second-order valence-corrected chi connectivity index (χ2v) is 7.26. The van der Waals surface area contributed by atoms with Gasteiger partial charge in [-0.05, 0) is 48.5 Å². The Bertz CT molecular complexity index is 355. The van der Waals surface area contributed by atoms with Crippen molar-refractivity contribution < 1.29 is 0 Å². The highest BCUT2D eigenvalue weighted by Gasteiger charge is 2.32. The van der Waals surface area contributed by atoms with Crippen molar-refractivity contribution in [3.63, 3.8) is 0 Å². The smallest absolute Gasteiger partial charge is 0.0613 e. The summed E-state index contributed by atoms with van der Waals surface area (Å²) in [6, 6.07) is 10.6. The van der Waals surface area contributed by atoms with Crippen LogP contribution in [0.4, 0.5) is 0 Å². The fourth-order valence-electron chi connectivity index (χ4n) is 3.19. The van der Waals surface area contributed by atoms with E-state index in [1.165, 1.54) is 31.2 Å². The van der Waals surface area contributed by atoms with Crippen LogP contribution in [0.15, 0.2) is 30.3 Å². The average molecular weight is 265 g/mol. The van der Waals surface area contributed by atoms with Crippen molar-refractivity contribution in [3.05, 3.63) is 35.9 Å². The second-order valence-electron chi connectivity index (χ2n) is 6.79. The largest absolute Gasteiger partial charge is 0.118 e. The van der Waals surface area contributed by atoms with Crippen molar-refractivity contribution >= 4 is 11.6 Å². The summed E-state index contributed by atoms with van der Waals surface area (Å²) in [7, 11) is 0. The lowest BCUT2D eigenvalue weighted by Crippen LogP contribution is -2.27. The van der Waals surface area contributed by atoms with E-state index < -0.39 is 0 Å². The maximum Gasteiger partial charge on any atom is 0.0613 e. The van der Waals surface area contributed by atoms with Gasteiger partial charge in [0, 0.05) is 0 Å². The van der Waals surface area contributed by atoms with Gasteiger partial charge in [-0.3, -0.25) is 0 Å². The minimum absolute atomic E-state index is 0.201. The van der Waals surface area contributed by atoms with Gasteiger partial charge in [-0.25, -0.2) is 0 Å². The molecule has 1 unspecified atom stereocenters. The first-order valence-electron chi connectivity index (χ1n) is 7.17. The van der Waals surface area contributed by atoms with E-state index >= 15 is 0 Å². The third-order valence-corrected chi connectivity index (χ3v) is 5.14. The van der Waals surface area contributed by atoms with E-state index in [1.54, 1.807) is 0 Å². The third kappa shape index (κ3) is 3.29. The van der Waals surface area contributed by atoms with Crippen LogP contribution in [0.3, 0.4) is 0 Å². The Labute approximate surface area is 117 Å². The predicted molar refractivity (Wildman–Crippen MR) is 79.9 cm³/mol. The molecule has 0 aromatic heterocycles. The Morgan fingerprint density at radius 3 is 2.06 bits per heavy atom. The summed E-state index contributed by atoms with van der Waals surface area (Å²) in [5, 5.41) is 0.201. The van der Waals surface area contributed by atoms with E-state index in [0.29, 0.717) is 11.3 Å². The zero-order valence-corrected chi connectivity index (χ0v) is 12.6. The van der Waals surface area contributed by atoms with Gasteiger partial charge < -0.3 is 0 Å². The van der Waals surface area contributed by atoms with Gasteiger partial charge >= 0.3 is 0 Å². The van der Waals surface area contributed by atoms with Gasteiger partial charge in [-0.15, -0.1) is 11.6 Å². The van der Waals surface area contributed by atoms with E-state index in [1.807, 2.05) is 0 Å². The molecule has 1 heteroatoms. The summed E-state index contributed by atoms with van der Waals surface area (Å²) in [6.07, 6.45) is 5.24. The Hall–Kier alpha value is -0.490. The maximum atomic E-state index is 6.65. The Kier molecular flexibility index (Phi) is 4.37. The summed E-state index contributed by atoms with van der Waals surface area (Å²) in [5.41, 5.74) is 1.75. The van der Waals surface area contributed by atoms with Gasteiger partial charge in [0.1, 0.15) is 0 Å². The van der Waals surface area contributed by atoms with Crippen LogP contribution in [-0.2, 0) is 0 Å². The first kappa shape index (κ1) is 13.9. The molecule has 0 radical (unpaired) electrons. The molecule has 0 aliphatic heterocycles. The van der Waals surface area contributed by atoms with Crippen LogP contribution in [0.2, 0.25) is 0 Å². The molecular weight excluding hydrogens is 240 g/mol. The number of hydrogen-bond donors (Lipinski definition) is 0. The molecule has 1 fully saturated rings. The molecule has 2 rings (SSSR count). The summed E-state index contributed by atoms with van der Waals surface area (Å²) >= 11 is 6.65. The van der Waals surface area contributed by atoms with Gasteiger partial charge in [-0.1, -0.05) is 51.1 Å². The van der Waals surface area contributed by atoms with Gasteiger partial charge in [0.2, 0.25) is 0 Å². The van der Waals surface area contributed by atoms with Crippen LogP contribution in [-0.4, -0.2) is 0 Å². The van der Waals surface area contributed by atoms with Crippen molar-refractivity contribution in [1.82, 2.24) is 0 Å². The summed E-state index contributed by atoms with van der Waals surface area (Å²) < 4.78 is 0. The molecule has 0 nitrogen and oxygen atoms in total. The molecule has 1 aromatic rings. The summed E-state index contributed by atoms with van der Waals surface area (Å²) in [6.45, 7) is 7.11. The normalized spacial score (nSPS) is 26.9. The van der Waals surface area contributed by atoms with Gasteiger partial charge in [0.05, 0.1) is 5.38 Å². The lowest BCUT2D eigenvalue weighted by atomic mass is 9.69. The first-order chi connectivity index (χ1) is 8.48. The monoisotopic (exact) mass is 264 g/mol. The zero-order valence-electron chi connectivity index (χ0n) is 11.8. The molecule has 18 heavy (non-hydrogen) atoms. The fraction of sp³-hybridized carbons (Fsp3) is 0.647. The van der Waals surface area contributed by atoms with E-state index in [2.05, 4.69) is 51.1 Å². The first-order valence-corrected chi connectivity index (χ1v) is 7.61. The van der Waals surface area contributed by atoms with Crippen molar-refractivity contribution in [3.8, 4) is 0 Å². The van der Waals surface area contributed by atoms with Crippen LogP contribution in [0.5, 0.6) is 0 Å². The van der Waals surface area contributed by atoms with Crippen LogP contribution in [0.1, 0.15) is 57.4 Å². The molecule has 1 aliphatic carbocycles. The number of hydrogen-bond acceptors (Lipinski definition) is 0. The number of rotatable bonds is 2. The molecule has 1 aliphatic rings. The Balaban J connectivity index is 1.94. The summed E-state index contributed by atoms with van der Waals surface area (Å²) in [5.74, 6) is 1.53. The standard InChI is InChI=1S/C17H25Cl/c1-17(2,3)15-11-9-14(10-12-15)16(18)13-7-5-4-6-8-13/h4-8,14-16H,9-12H2,1-3H3. The number of halogens is 1. The quantitative estimate of drug-likeness (QED) is 0.591. The average Bonchev–Trinajstić information content (AvgIpc) is 2.38. The van der Waals surface area contributed by atoms with Gasteiger partial charge in [0.25, 0.3) is 0 Å². The molecular formula is C17H25Cl. The minimum atomic E-state index is 0.201. The van der Waals surface area contributed by atoms with Crippen molar-refractivity contribution in [2.75, 3.05) is 0 Å². The van der Waals surface area contributed by atoms with Crippen LogP contribution in [0.25, 0.3) is 0 Å². The van der Waals surface area contributed by atoms with Crippen molar-refractivity contribution in [2.45, 2.75) is 51.8 Å². The lowest BCUT2D eigenvalue weighted by molar-refractivity contribution is 0.148. The summed E-state index contributed by atoms with van der Waals surface area (Å²) in [4.78, 5) is 0. The molecule has 100 valence electrons. The third-order valence-electron chi connectivity index (χ3n) is 4.53. The molecule has 0 heterocycles. The second kappa shape index (κ2) is 5.65. The minimum Gasteiger partial charge on any atom is -0.118 e. The maximum absolute atomic E-state index is 6.65. The van der Waals surface area contributed by atoms with Crippen LogP contribution < -0.4 is 0 Å². The highest BCUT2D eigenvalue weighted by molar-refractivity contribution is 6.21. The molecule has 0 bridgehead atoms. The van der Waals surface area contributed by atoms with E-state index in [-0.39, 0.29) is 5.38 Å². The molecule has 1 aromatic carbocycles. The molecule has 0 amide bonds. The SMILES string of the molecule is CC(C)(C)C1CCC(C(Cl)c2ccccc2)CC1. The molecule has 0 saturated heterocycles. The fourth-order valence-corrected chi connectivity index (χ4v) is 3.58. The Morgan fingerprint density at radius 2 is 1.56 bits per heavy atom. The Morgan fingerprint density at radius 1 is 1.00 bits per heavy atom. The van der Waals surface area contributed by atoms with Crippen LogP contribution in [0, 0.1) is 17.3 Å². The molecule has 0 spiro atoms. The van der Waals surface area contributed by atoms with Gasteiger partial charge in [-0.2, -0.15) is 0 Å². The van der Waals surface area contributed by atoms with E-state index in [4.69, 9.17) is 11.6 Å². The topological polar surface area (TPSA) is 0 Å². The molecule has 1 atom stereocenters. The highest BCUT2D eigenvalue weighted by Crippen LogP contribution is 2.45. The van der Waals surface area contributed by atoms with E-state index in [0.717, 1.165) is 5.92 Å². The van der Waals surface area contributed by atoms with Crippen LogP contribution >= 0.6 is 11.6 Å². The number of benzene rings is 1. The van der Waals surface area contributed by atoms with Crippen molar-refractivity contribution in [2.24, 2.45) is 17.3 Å². The zero-order chi connectivity index (χ0) is 13.2. The van der Waals surface area contributed by atoms with Crippen molar-refractivity contribution in [1.29, 1.82) is 0 Å². The van der Waals surface area contributed by atoms with E-state index in [9.17, 15) is 0 Å². The highest BCUT2D eigenvalue weighted by atomic mass is 35.5. The predicted octanol–water partition coefficient (Wildman–Crippen LogP) is 5.82.